The van der Waals surface area contributed by atoms with E-state index in [9.17, 15) is 9.59 Å². The zero-order valence-corrected chi connectivity index (χ0v) is 14.4. The number of benzene rings is 2. The standard InChI is InChI=1S/C19H19ClN2O3/c20-16-9-3-1-7-14(16)19(24)22-17-10-4-2-8-15(17)18(23)21-12-13-6-5-11-25-13/h1-4,7-10,13H,5-6,11-12H2,(H,21,23)(H,22,24)/t13-/m0/s1. The molecular formula is C19H19ClN2O3. The number of carbonyl (C=O) groups excluding carboxylic acids is 2. The number of ether oxygens (including phenoxy) is 1. The van der Waals surface area contributed by atoms with Crippen molar-refractivity contribution in [3.05, 3.63) is 64.7 Å². The largest absolute Gasteiger partial charge is 0.376 e. The van der Waals surface area contributed by atoms with Gasteiger partial charge in [-0.2, -0.15) is 0 Å². The van der Waals surface area contributed by atoms with Crippen LogP contribution < -0.4 is 10.6 Å². The fourth-order valence-electron chi connectivity index (χ4n) is 2.73. The minimum atomic E-state index is -0.357. The summed E-state index contributed by atoms with van der Waals surface area (Å²) in [6.45, 7) is 1.21. The summed E-state index contributed by atoms with van der Waals surface area (Å²) in [5.74, 6) is -0.601. The molecule has 0 saturated carbocycles. The van der Waals surface area contributed by atoms with Gasteiger partial charge in [-0.25, -0.2) is 0 Å². The van der Waals surface area contributed by atoms with Gasteiger partial charge < -0.3 is 15.4 Å². The Bertz CT molecular complexity index is 773. The van der Waals surface area contributed by atoms with Gasteiger partial charge in [-0.05, 0) is 37.1 Å². The quantitative estimate of drug-likeness (QED) is 0.859. The summed E-state index contributed by atoms with van der Waals surface area (Å²) in [7, 11) is 0. The number of anilines is 1. The van der Waals surface area contributed by atoms with Crippen molar-refractivity contribution in [2.75, 3.05) is 18.5 Å². The van der Waals surface area contributed by atoms with Crippen molar-refractivity contribution >= 4 is 29.1 Å². The van der Waals surface area contributed by atoms with Crippen LogP contribution in [0.5, 0.6) is 0 Å². The van der Waals surface area contributed by atoms with Crippen LogP contribution in [0.25, 0.3) is 0 Å². The fraction of sp³-hybridized carbons (Fsp3) is 0.263. The molecule has 130 valence electrons. The summed E-state index contributed by atoms with van der Waals surface area (Å²) >= 11 is 6.06. The minimum absolute atomic E-state index is 0.0637. The lowest BCUT2D eigenvalue weighted by atomic mass is 10.1. The lowest BCUT2D eigenvalue weighted by Gasteiger charge is -2.14. The molecule has 3 rings (SSSR count). The van der Waals surface area contributed by atoms with Crippen LogP contribution >= 0.6 is 11.6 Å². The van der Waals surface area contributed by atoms with Gasteiger partial charge in [-0.3, -0.25) is 9.59 Å². The van der Waals surface area contributed by atoms with E-state index in [1.165, 1.54) is 0 Å². The van der Waals surface area contributed by atoms with Crippen LogP contribution in [0.3, 0.4) is 0 Å². The second kappa shape index (κ2) is 8.14. The Labute approximate surface area is 151 Å². The van der Waals surface area contributed by atoms with Crippen molar-refractivity contribution in [2.24, 2.45) is 0 Å². The van der Waals surface area contributed by atoms with Crippen molar-refractivity contribution in [3.63, 3.8) is 0 Å². The molecule has 1 heterocycles. The maximum Gasteiger partial charge on any atom is 0.257 e. The summed E-state index contributed by atoms with van der Waals surface area (Å²) in [6, 6.07) is 13.7. The molecule has 1 atom stereocenters. The first-order chi connectivity index (χ1) is 12.1. The highest BCUT2D eigenvalue weighted by Gasteiger charge is 2.19. The van der Waals surface area contributed by atoms with Crippen molar-refractivity contribution in [1.82, 2.24) is 5.32 Å². The van der Waals surface area contributed by atoms with Crippen LogP contribution in [-0.2, 0) is 4.74 Å². The van der Waals surface area contributed by atoms with Gasteiger partial charge in [0, 0.05) is 13.2 Å². The second-order valence-corrected chi connectivity index (χ2v) is 6.23. The van der Waals surface area contributed by atoms with Crippen LogP contribution in [-0.4, -0.2) is 31.1 Å². The molecule has 2 aromatic carbocycles. The average molecular weight is 359 g/mol. The summed E-state index contributed by atoms with van der Waals surface area (Å²) in [4.78, 5) is 24.9. The molecule has 1 saturated heterocycles. The molecular weight excluding hydrogens is 340 g/mol. The monoisotopic (exact) mass is 358 g/mol. The first-order valence-corrected chi connectivity index (χ1v) is 8.57. The Kier molecular flexibility index (Phi) is 5.68. The number of nitrogens with one attached hydrogen (secondary N) is 2. The smallest absolute Gasteiger partial charge is 0.257 e. The minimum Gasteiger partial charge on any atom is -0.376 e. The highest BCUT2D eigenvalue weighted by atomic mass is 35.5. The van der Waals surface area contributed by atoms with Crippen molar-refractivity contribution < 1.29 is 14.3 Å². The molecule has 5 nitrogen and oxygen atoms in total. The van der Waals surface area contributed by atoms with Crippen molar-refractivity contribution in [1.29, 1.82) is 0 Å². The van der Waals surface area contributed by atoms with E-state index >= 15 is 0 Å². The van der Waals surface area contributed by atoms with Crippen LogP contribution in [0.4, 0.5) is 5.69 Å². The molecule has 1 aliphatic rings. The van der Waals surface area contributed by atoms with Gasteiger partial charge in [0.1, 0.15) is 0 Å². The van der Waals surface area contributed by atoms with Crippen molar-refractivity contribution in [3.8, 4) is 0 Å². The van der Waals surface area contributed by atoms with E-state index in [1.807, 2.05) is 0 Å². The molecule has 1 aliphatic heterocycles. The van der Waals surface area contributed by atoms with Crippen LogP contribution in [0.15, 0.2) is 48.5 Å². The third-order valence-electron chi connectivity index (χ3n) is 4.05. The number of rotatable bonds is 5. The van der Waals surface area contributed by atoms with E-state index in [0.29, 0.717) is 28.4 Å². The Morgan fingerprint density at radius 3 is 2.48 bits per heavy atom. The number of amides is 2. The number of para-hydroxylation sites is 1. The fourth-order valence-corrected chi connectivity index (χ4v) is 2.95. The first kappa shape index (κ1) is 17.5. The molecule has 0 aliphatic carbocycles. The van der Waals surface area contributed by atoms with E-state index in [4.69, 9.17) is 16.3 Å². The topological polar surface area (TPSA) is 67.4 Å². The van der Waals surface area contributed by atoms with Gasteiger partial charge in [0.05, 0.1) is 27.9 Å². The molecule has 6 heteroatoms. The van der Waals surface area contributed by atoms with Gasteiger partial charge in [0.15, 0.2) is 0 Å². The second-order valence-electron chi connectivity index (χ2n) is 5.82. The zero-order chi connectivity index (χ0) is 17.6. The summed E-state index contributed by atoms with van der Waals surface area (Å²) in [5.41, 5.74) is 1.21. The van der Waals surface area contributed by atoms with Gasteiger partial charge in [-0.1, -0.05) is 35.9 Å². The summed E-state index contributed by atoms with van der Waals surface area (Å²) in [6.07, 6.45) is 2.03. The van der Waals surface area contributed by atoms with Gasteiger partial charge in [0.2, 0.25) is 0 Å². The third kappa shape index (κ3) is 4.38. The molecule has 2 aromatic rings. The SMILES string of the molecule is O=C(Nc1ccccc1C(=O)NC[C@@H]1CCCO1)c1ccccc1Cl. The van der Waals surface area contributed by atoms with Crippen LogP contribution in [0.1, 0.15) is 33.6 Å². The highest BCUT2D eigenvalue weighted by Crippen LogP contribution is 2.20. The van der Waals surface area contributed by atoms with E-state index in [2.05, 4.69) is 10.6 Å². The third-order valence-corrected chi connectivity index (χ3v) is 4.38. The lowest BCUT2D eigenvalue weighted by Crippen LogP contribution is -2.32. The predicted octanol–water partition coefficient (Wildman–Crippen LogP) is 3.50. The molecule has 0 aromatic heterocycles. The Hall–Kier alpha value is -2.37. The Morgan fingerprint density at radius 1 is 1.04 bits per heavy atom. The number of hydrogen-bond acceptors (Lipinski definition) is 3. The van der Waals surface area contributed by atoms with Gasteiger partial charge >= 0.3 is 0 Å². The lowest BCUT2D eigenvalue weighted by molar-refractivity contribution is 0.0858. The normalized spacial score (nSPS) is 16.4. The van der Waals surface area contributed by atoms with Crippen LogP contribution in [0, 0.1) is 0 Å². The number of hydrogen-bond donors (Lipinski definition) is 2. The predicted molar refractivity (Wildman–Crippen MR) is 97.2 cm³/mol. The molecule has 2 N–H and O–H groups in total. The molecule has 0 spiro atoms. The number of carbonyl (C=O) groups is 2. The molecule has 2 amide bonds. The van der Waals surface area contributed by atoms with E-state index < -0.39 is 0 Å². The highest BCUT2D eigenvalue weighted by molar-refractivity contribution is 6.34. The van der Waals surface area contributed by atoms with Gasteiger partial charge in [-0.15, -0.1) is 0 Å². The van der Waals surface area contributed by atoms with E-state index in [0.717, 1.165) is 19.4 Å². The summed E-state index contributed by atoms with van der Waals surface area (Å²) in [5, 5.41) is 5.99. The van der Waals surface area contributed by atoms with Crippen LogP contribution in [0.2, 0.25) is 5.02 Å². The Balaban J connectivity index is 1.71. The zero-order valence-electron chi connectivity index (χ0n) is 13.6. The van der Waals surface area contributed by atoms with E-state index in [1.54, 1.807) is 48.5 Å². The molecule has 25 heavy (non-hydrogen) atoms. The first-order valence-electron chi connectivity index (χ1n) is 8.20. The molecule has 0 radical (unpaired) electrons. The number of halogens is 1. The Morgan fingerprint density at radius 2 is 1.76 bits per heavy atom. The van der Waals surface area contributed by atoms with Crippen molar-refractivity contribution in [2.45, 2.75) is 18.9 Å². The maximum atomic E-state index is 12.5. The average Bonchev–Trinajstić information content (AvgIpc) is 3.14. The molecule has 1 fully saturated rings. The van der Waals surface area contributed by atoms with E-state index in [-0.39, 0.29) is 17.9 Å². The molecule has 0 unspecified atom stereocenters. The maximum absolute atomic E-state index is 12.5. The summed E-state index contributed by atoms with van der Waals surface area (Å²) < 4.78 is 5.51. The van der Waals surface area contributed by atoms with Gasteiger partial charge in [0.25, 0.3) is 11.8 Å². The molecule has 0 bridgehead atoms.